The van der Waals surface area contributed by atoms with Crippen LogP contribution in [0.1, 0.15) is 168 Å². The molecule has 0 aromatic carbocycles. The van der Waals surface area contributed by atoms with Crippen LogP contribution in [0.2, 0.25) is 0 Å². The van der Waals surface area contributed by atoms with E-state index in [1.54, 1.807) is 0 Å². The molecule has 0 aliphatic carbocycles. The van der Waals surface area contributed by atoms with E-state index in [0.717, 1.165) is 25.7 Å². The van der Waals surface area contributed by atoms with Crippen LogP contribution in [0.4, 0.5) is 0 Å². The van der Waals surface area contributed by atoms with Gasteiger partial charge in [0.2, 0.25) is 0 Å². The van der Waals surface area contributed by atoms with Gasteiger partial charge in [0.05, 0.1) is 5.75 Å². The minimum absolute atomic E-state index is 0.0397. The molecule has 0 aliphatic rings. The molecule has 0 rings (SSSR count). The predicted molar refractivity (Wildman–Crippen MR) is 142 cm³/mol. The van der Waals surface area contributed by atoms with E-state index >= 15 is 0 Å². The van der Waals surface area contributed by atoms with E-state index in [1.165, 1.54) is 128 Å². The molecular formula is C28H58O3S. The molecule has 0 bridgehead atoms. The highest BCUT2D eigenvalue weighted by molar-refractivity contribution is 7.85. The Hall–Kier alpha value is -0.0900. The van der Waals surface area contributed by atoms with Crippen molar-refractivity contribution in [1.29, 1.82) is 0 Å². The summed E-state index contributed by atoms with van der Waals surface area (Å²) in [6.45, 7) is 4.52. The van der Waals surface area contributed by atoms with Crippen LogP contribution < -0.4 is 0 Å². The van der Waals surface area contributed by atoms with Crippen molar-refractivity contribution >= 4 is 10.1 Å². The number of hydrogen-bond donors (Lipinski definition) is 1. The summed E-state index contributed by atoms with van der Waals surface area (Å²) in [5.41, 5.74) is 0. The Balaban J connectivity index is 3.64. The number of hydrogen-bond acceptors (Lipinski definition) is 2. The Bertz CT molecular complexity index is 461. The molecule has 0 aliphatic heterocycles. The molecule has 1 atom stereocenters. The van der Waals surface area contributed by atoms with Crippen molar-refractivity contribution in [2.24, 2.45) is 5.92 Å². The lowest BCUT2D eigenvalue weighted by molar-refractivity contribution is 0.410. The van der Waals surface area contributed by atoms with Crippen LogP contribution in [0.3, 0.4) is 0 Å². The zero-order chi connectivity index (χ0) is 23.8. The second-order valence-electron chi connectivity index (χ2n) is 10.3. The third kappa shape index (κ3) is 26.2. The Morgan fingerprint density at radius 3 is 0.969 bits per heavy atom. The van der Waals surface area contributed by atoms with Gasteiger partial charge in [0, 0.05) is 0 Å². The van der Waals surface area contributed by atoms with Gasteiger partial charge in [0.1, 0.15) is 0 Å². The van der Waals surface area contributed by atoms with Crippen LogP contribution in [0.25, 0.3) is 0 Å². The van der Waals surface area contributed by atoms with Crippen LogP contribution in [-0.2, 0) is 10.1 Å². The van der Waals surface area contributed by atoms with Gasteiger partial charge in [0.25, 0.3) is 10.1 Å². The molecule has 0 aromatic heterocycles. The predicted octanol–water partition coefficient (Wildman–Crippen LogP) is 9.89. The smallest absolute Gasteiger partial charge is 0.265 e. The average molecular weight is 475 g/mol. The Labute approximate surface area is 202 Å². The Morgan fingerprint density at radius 2 is 0.719 bits per heavy atom. The van der Waals surface area contributed by atoms with Crippen molar-refractivity contribution in [3.8, 4) is 0 Å². The Morgan fingerprint density at radius 1 is 0.469 bits per heavy atom. The van der Waals surface area contributed by atoms with E-state index in [9.17, 15) is 13.0 Å². The lowest BCUT2D eigenvalue weighted by Crippen LogP contribution is -2.15. The first kappa shape index (κ1) is 31.9. The van der Waals surface area contributed by atoms with Gasteiger partial charge in [0.15, 0.2) is 0 Å². The van der Waals surface area contributed by atoms with E-state index < -0.39 is 10.1 Å². The van der Waals surface area contributed by atoms with Crippen molar-refractivity contribution < 1.29 is 13.0 Å². The van der Waals surface area contributed by atoms with Crippen LogP contribution in [0.5, 0.6) is 0 Å². The molecule has 0 spiro atoms. The highest BCUT2D eigenvalue weighted by Gasteiger charge is 2.16. The molecule has 1 N–H and O–H groups in total. The summed E-state index contributed by atoms with van der Waals surface area (Å²) in [5.74, 6) is 0.101. The van der Waals surface area contributed by atoms with Crippen molar-refractivity contribution in [3.05, 3.63) is 0 Å². The van der Waals surface area contributed by atoms with E-state index in [2.05, 4.69) is 13.8 Å². The first-order valence-electron chi connectivity index (χ1n) is 14.4. The first-order chi connectivity index (χ1) is 15.5. The van der Waals surface area contributed by atoms with Crippen LogP contribution >= 0.6 is 0 Å². The molecule has 0 aromatic rings. The van der Waals surface area contributed by atoms with Crippen molar-refractivity contribution in [3.63, 3.8) is 0 Å². The van der Waals surface area contributed by atoms with Gasteiger partial charge < -0.3 is 0 Å². The molecule has 0 amide bonds. The van der Waals surface area contributed by atoms with E-state index in [-0.39, 0.29) is 11.7 Å². The third-order valence-corrected chi connectivity index (χ3v) is 7.77. The van der Waals surface area contributed by atoms with Gasteiger partial charge in [-0.1, -0.05) is 155 Å². The fraction of sp³-hybridized carbons (Fsp3) is 1.00. The molecule has 0 heterocycles. The summed E-state index contributed by atoms with van der Waals surface area (Å²) >= 11 is 0. The van der Waals surface area contributed by atoms with Gasteiger partial charge in [-0.2, -0.15) is 8.42 Å². The highest BCUT2D eigenvalue weighted by atomic mass is 32.2. The van der Waals surface area contributed by atoms with Crippen LogP contribution in [0.15, 0.2) is 0 Å². The molecule has 32 heavy (non-hydrogen) atoms. The van der Waals surface area contributed by atoms with Crippen molar-refractivity contribution in [2.45, 2.75) is 168 Å². The lowest BCUT2D eigenvalue weighted by atomic mass is 9.95. The zero-order valence-corrected chi connectivity index (χ0v) is 22.7. The normalized spacial score (nSPS) is 13.0. The maximum Gasteiger partial charge on any atom is 0.265 e. The number of rotatable bonds is 26. The minimum Gasteiger partial charge on any atom is -0.286 e. The highest BCUT2D eigenvalue weighted by Crippen LogP contribution is 2.21. The fourth-order valence-corrected chi connectivity index (χ4v) is 5.73. The van der Waals surface area contributed by atoms with Gasteiger partial charge >= 0.3 is 0 Å². The zero-order valence-electron chi connectivity index (χ0n) is 21.9. The summed E-state index contributed by atoms with van der Waals surface area (Å²) in [4.78, 5) is 0. The summed E-state index contributed by atoms with van der Waals surface area (Å²) in [7, 11) is -3.85. The largest absolute Gasteiger partial charge is 0.286 e. The number of unbranched alkanes of at least 4 members (excludes halogenated alkanes) is 20. The molecule has 0 saturated heterocycles. The maximum atomic E-state index is 11.4. The molecule has 1 unspecified atom stereocenters. The average Bonchev–Trinajstić information content (AvgIpc) is 2.74. The molecule has 0 saturated carbocycles. The van der Waals surface area contributed by atoms with E-state index in [1.807, 2.05) is 0 Å². The van der Waals surface area contributed by atoms with Gasteiger partial charge in [-0.25, -0.2) is 0 Å². The first-order valence-corrected chi connectivity index (χ1v) is 16.1. The summed E-state index contributed by atoms with van der Waals surface area (Å²) in [5, 5.41) is 0. The van der Waals surface area contributed by atoms with Crippen LogP contribution in [0, 0.1) is 5.92 Å². The summed E-state index contributed by atoms with van der Waals surface area (Å²) < 4.78 is 32.1. The van der Waals surface area contributed by atoms with E-state index in [4.69, 9.17) is 0 Å². The Kier molecular flexibility index (Phi) is 24.0. The molecule has 4 heteroatoms. The third-order valence-electron chi connectivity index (χ3n) is 6.88. The minimum atomic E-state index is -3.85. The van der Waals surface area contributed by atoms with E-state index in [0.29, 0.717) is 0 Å². The molecule has 0 fully saturated rings. The fourth-order valence-electron chi connectivity index (χ4n) is 4.80. The standard InChI is InChI=1S/C28H58O3S/c1-3-5-7-9-11-13-14-15-16-17-18-20-22-24-26-28(27-32(29,30)31)25-23-21-19-12-10-8-6-4-2/h28H,3-27H2,1-2H3,(H,29,30,31). The monoisotopic (exact) mass is 474 g/mol. The molecule has 0 radical (unpaired) electrons. The quantitative estimate of drug-likeness (QED) is 0.100. The van der Waals surface area contributed by atoms with Gasteiger partial charge in [-0.15, -0.1) is 0 Å². The maximum absolute atomic E-state index is 11.4. The summed E-state index contributed by atoms with van der Waals surface area (Å²) in [6, 6.07) is 0. The van der Waals surface area contributed by atoms with Gasteiger partial charge in [-0.3, -0.25) is 4.55 Å². The van der Waals surface area contributed by atoms with Crippen LogP contribution in [-0.4, -0.2) is 18.7 Å². The summed E-state index contributed by atoms with van der Waals surface area (Å²) in [6.07, 6.45) is 30.9. The lowest BCUT2D eigenvalue weighted by Gasteiger charge is -2.15. The topological polar surface area (TPSA) is 54.4 Å². The molecule has 3 nitrogen and oxygen atoms in total. The molecule has 194 valence electrons. The second kappa shape index (κ2) is 24.0. The molecular weight excluding hydrogens is 416 g/mol. The van der Waals surface area contributed by atoms with Crippen molar-refractivity contribution in [2.75, 3.05) is 5.75 Å². The van der Waals surface area contributed by atoms with Gasteiger partial charge in [-0.05, 0) is 18.8 Å². The van der Waals surface area contributed by atoms with Crippen molar-refractivity contribution in [1.82, 2.24) is 0 Å². The second-order valence-corrected chi connectivity index (χ2v) is 11.8. The SMILES string of the molecule is CCCCCCCCCCCCCCCCC(CCCCCCCCCC)CS(=O)(=O)O.